The lowest BCUT2D eigenvalue weighted by molar-refractivity contribution is 0.651. The third-order valence-electron chi connectivity index (χ3n) is 5.00. The molecular weight excluding hydrogens is 425 g/mol. The maximum absolute atomic E-state index is 4.95. The largest absolute Gasteiger partial charge is 0.345 e. The quantitative estimate of drug-likeness (QED) is 0.377. The first-order valence-electron chi connectivity index (χ1n) is 9.14. The molecule has 144 valence electrons. The summed E-state index contributed by atoms with van der Waals surface area (Å²) in [5.74, 6) is 0. The van der Waals surface area contributed by atoms with Gasteiger partial charge in [-0.3, -0.25) is 0 Å². The van der Waals surface area contributed by atoms with Crippen LogP contribution in [0.25, 0.3) is 20.4 Å². The van der Waals surface area contributed by atoms with E-state index in [4.69, 9.17) is 9.97 Å². The summed E-state index contributed by atoms with van der Waals surface area (Å²) in [5, 5.41) is 2.29. The summed E-state index contributed by atoms with van der Waals surface area (Å²) in [6.45, 7) is 3.94. The first kappa shape index (κ1) is 18.5. The van der Waals surface area contributed by atoms with Crippen LogP contribution < -0.4 is 9.80 Å². The molecule has 0 amide bonds. The molecule has 5 rings (SSSR count). The van der Waals surface area contributed by atoms with Crippen LogP contribution >= 0.6 is 46.2 Å². The Labute approximate surface area is 181 Å². The molecule has 0 unspecified atom stereocenters. The summed E-state index contributed by atoms with van der Waals surface area (Å²) in [4.78, 5) is 17.3. The minimum absolute atomic E-state index is 0.986. The van der Waals surface area contributed by atoms with Crippen molar-refractivity contribution >= 4 is 76.9 Å². The molecule has 1 saturated heterocycles. The predicted molar refractivity (Wildman–Crippen MR) is 127 cm³/mol. The molecule has 28 heavy (non-hydrogen) atoms. The summed E-state index contributed by atoms with van der Waals surface area (Å²) >= 11 is 7.15. The highest BCUT2D eigenvalue weighted by Crippen LogP contribution is 2.36. The molecule has 1 aliphatic rings. The Morgan fingerprint density at radius 2 is 1.14 bits per heavy atom. The van der Waals surface area contributed by atoms with E-state index in [1.54, 1.807) is 46.2 Å². The number of piperazine rings is 1. The van der Waals surface area contributed by atoms with Gasteiger partial charge in [0.2, 0.25) is 0 Å². The fourth-order valence-corrected chi connectivity index (χ4v) is 6.86. The van der Waals surface area contributed by atoms with Crippen molar-refractivity contribution in [1.29, 1.82) is 0 Å². The Balaban J connectivity index is 1.35. The lowest BCUT2D eigenvalue weighted by atomic mass is 10.3. The monoisotopic (exact) mass is 444 g/mol. The third kappa shape index (κ3) is 3.26. The summed E-state index contributed by atoms with van der Waals surface area (Å²) in [6, 6.07) is 12.9. The van der Waals surface area contributed by atoms with Crippen LogP contribution in [-0.4, -0.2) is 48.7 Å². The third-order valence-corrected chi connectivity index (χ3v) is 8.70. The fraction of sp³-hybridized carbons (Fsp3) is 0.300. The normalized spacial score (nSPS) is 15.1. The van der Waals surface area contributed by atoms with Gasteiger partial charge in [-0.05, 0) is 36.8 Å². The lowest BCUT2D eigenvalue weighted by Gasteiger charge is -2.34. The van der Waals surface area contributed by atoms with Crippen molar-refractivity contribution in [1.82, 2.24) is 9.97 Å². The minimum atomic E-state index is 0.986. The van der Waals surface area contributed by atoms with Gasteiger partial charge >= 0.3 is 0 Å². The van der Waals surface area contributed by atoms with Gasteiger partial charge in [-0.1, -0.05) is 34.8 Å². The first-order chi connectivity index (χ1) is 13.8. The Morgan fingerprint density at radius 1 is 0.714 bits per heavy atom. The van der Waals surface area contributed by atoms with Crippen molar-refractivity contribution in [2.24, 2.45) is 0 Å². The molecule has 1 aliphatic heterocycles. The highest BCUT2D eigenvalue weighted by molar-refractivity contribution is 7.99. The number of benzene rings is 2. The van der Waals surface area contributed by atoms with Gasteiger partial charge in [-0.15, -0.1) is 23.5 Å². The molecule has 2 aromatic heterocycles. The number of hydrogen-bond donors (Lipinski definition) is 0. The molecule has 4 nitrogen and oxygen atoms in total. The van der Waals surface area contributed by atoms with Crippen LogP contribution in [0.3, 0.4) is 0 Å². The summed E-state index contributed by atoms with van der Waals surface area (Å²) in [5.41, 5.74) is 2.29. The minimum Gasteiger partial charge on any atom is -0.345 e. The van der Waals surface area contributed by atoms with E-state index >= 15 is 0 Å². The fourth-order valence-electron chi connectivity index (χ4n) is 3.51. The Bertz CT molecular complexity index is 1040. The number of fused-ring (bicyclic) bond motifs is 2. The number of thiazole rings is 2. The number of para-hydroxylation sites is 2. The van der Waals surface area contributed by atoms with Crippen LogP contribution in [0, 0.1) is 0 Å². The van der Waals surface area contributed by atoms with E-state index in [0.29, 0.717) is 0 Å². The molecule has 4 aromatic rings. The number of hydrogen-bond acceptors (Lipinski definition) is 8. The Morgan fingerprint density at radius 3 is 1.54 bits per heavy atom. The van der Waals surface area contributed by atoms with Crippen LogP contribution in [-0.2, 0) is 0 Å². The number of nitrogens with zero attached hydrogens (tertiary/aromatic N) is 4. The molecule has 0 saturated carbocycles. The first-order valence-corrected chi connectivity index (χ1v) is 13.2. The highest BCUT2D eigenvalue weighted by atomic mass is 32.2. The second-order valence-electron chi connectivity index (χ2n) is 6.58. The number of anilines is 2. The molecule has 1 fully saturated rings. The van der Waals surface area contributed by atoms with E-state index in [2.05, 4.69) is 58.7 Å². The maximum Gasteiger partial charge on any atom is 0.186 e. The molecule has 0 atom stereocenters. The molecule has 0 bridgehead atoms. The van der Waals surface area contributed by atoms with Crippen molar-refractivity contribution in [3.8, 4) is 0 Å². The average Bonchev–Trinajstić information content (AvgIpc) is 3.37. The molecule has 0 N–H and O–H groups in total. The SMILES string of the molecule is CSc1cccc2sc(N3CCN(c4nc5c(SC)cccc5s4)CC3)nc12. The van der Waals surface area contributed by atoms with Gasteiger partial charge in [0, 0.05) is 36.0 Å². The van der Waals surface area contributed by atoms with Crippen molar-refractivity contribution in [3.63, 3.8) is 0 Å². The van der Waals surface area contributed by atoms with Gasteiger partial charge < -0.3 is 9.80 Å². The Kier molecular flexibility index (Phi) is 5.13. The van der Waals surface area contributed by atoms with E-state index in [-0.39, 0.29) is 0 Å². The predicted octanol–water partition coefficient (Wildman–Crippen LogP) is 5.68. The van der Waals surface area contributed by atoms with E-state index in [9.17, 15) is 0 Å². The van der Waals surface area contributed by atoms with Crippen molar-refractivity contribution < 1.29 is 0 Å². The van der Waals surface area contributed by atoms with Gasteiger partial charge in [-0.25, -0.2) is 9.97 Å². The molecular formula is C20H20N4S4. The molecule has 3 heterocycles. The van der Waals surface area contributed by atoms with Crippen molar-refractivity contribution in [2.45, 2.75) is 9.79 Å². The van der Waals surface area contributed by atoms with Gasteiger partial charge in [0.1, 0.15) is 0 Å². The zero-order valence-corrected chi connectivity index (χ0v) is 19.0. The summed E-state index contributed by atoms with van der Waals surface area (Å²) in [7, 11) is 0. The van der Waals surface area contributed by atoms with Crippen LogP contribution in [0.5, 0.6) is 0 Å². The second-order valence-corrected chi connectivity index (χ2v) is 10.3. The van der Waals surface area contributed by atoms with E-state index in [1.165, 1.54) is 19.2 Å². The van der Waals surface area contributed by atoms with Gasteiger partial charge in [0.05, 0.1) is 20.4 Å². The molecule has 0 aliphatic carbocycles. The zero-order valence-electron chi connectivity index (χ0n) is 15.7. The van der Waals surface area contributed by atoms with Crippen LogP contribution in [0.2, 0.25) is 0 Å². The van der Waals surface area contributed by atoms with Crippen molar-refractivity contribution in [3.05, 3.63) is 36.4 Å². The smallest absolute Gasteiger partial charge is 0.186 e. The van der Waals surface area contributed by atoms with Crippen LogP contribution in [0.4, 0.5) is 10.3 Å². The number of rotatable bonds is 4. The molecule has 2 aromatic carbocycles. The molecule has 0 spiro atoms. The highest BCUT2D eigenvalue weighted by Gasteiger charge is 2.23. The number of aromatic nitrogens is 2. The van der Waals surface area contributed by atoms with Gasteiger partial charge in [0.25, 0.3) is 0 Å². The van der Waals surface area contributed by atoms with E-state index < -0.39 is 0 Å². The summed E-state index contributed by atoms with van der Waals surface area (Å²) < 4.78 is 2.56. The molecule has 8 heteroatoms. The van der Waals surface area contributed by atoms with Crippen molar-refractivity contribution in [2.75, 3.05) is 48.5 Å². The van der Waals surface area contributed by atoms with E-state index in [1.807, 2.05) is 0 Å². The average molecular weight is 445 g/mol. The lowest BCUT2D eigenvalue weighted by Crippen LogP contribution is -2.46. The maximum atomic E-state index is 4.95. The van der Waals surface area contributed by atoms with Gasteiger partial charge in [0.15, 0.2) is 10.3 Å². The topological polar surface area (TPSA) is 32.3 Å². The van der Waals surface area contributed by atoms with E-state index in [0.717, 1.165) is 47.5 Å². The van der Waals surface area contributed by atoms with Crippen LogP contribution in [0.15, 0.2) is 46.2 Å². The summed E-state index contributed by atoms with van der Waals surface area (Å²) in [6.07, 6.45) is 4.24. The van der Waals surface area contributed by atoms with Crippen LogP contribution in [0.1, 0.15) is 0 Å². The zero-order chi connectivity index (χ0) is 19.1. The second kappa shape index (κ2) is 7.74. The number of thioether (sulfide) groups is 2. The molecule has 0 radical (unpaired) electrons. The standard InChI is InChI=1S/C20H20N4S4/c1-25-13-5-3-7-15-17(13)21-19(27-15)23-9-11-24(12-10-23)20-22-18-14(26-2)6-4-8-16(18)28-20/h3-8H,9-12H2,1-2H3. The Hall–Kier alpha value is -1.48. The van der Waals surface area contributed by atoms with Gasteiger partial charge in [-0.2, -0.15) is 0 Å².